The summed E-state index contributed by atoms with van der Waals surface area (Å²) >= 11 is 1.65. The van der Waals surface area contributed by atoms with Gasteiger partial charge in [0.1, 0.15) is 0 Å². The zero-order valence-corrected chi connectivity index (χ0v) is 10.2. The van der Waals surface area contributed by atoms with E-state index in [1.807, 2.05) is 26.0 Å². The summed E-state index contributed by atoms with van der Waals surface area (Å²) in [4.78, 5) is 26.6. The number of hydrogen-bond donors (Lipinski definition) is 3. The van der Waals surface area contributed by atoms with Gasteiger partial charge in [-0.1, -0.05) is 0 Å². The number of hydrogen-bond acceptors (Lipinski definition) is 5. The highest BCUT2D eigenvalue weighted by Gasteiger charge is 2.10. The fourth-order valence-corrected chi connectivity index (χ4v) is 2.29. The van der Waals surface area contributed by atoms with E-state index in [2.05, 4.69) is 20.5 Å². The highest BCUT2D eigenvalue weighted by Crippen LogP contribution is 2.23. The summed E-state index contributed by atoms with van der Waals surface area (Å²) in [6.07, 6.45) is 0. The first-order valence-electron chi connectivity index (χ1n) is 5.08. The average Bonchev–Trinajstić information content (AvgIpc) is 2.69. The van der Waals surface area contributed by atoms with Crippen molar-refractivity contribution in [2.24, 2.45) is 0 Å². The molecule has 2 aromatic rings. The molecular weight excluding hydrogens is 240 g/mol. The third-order valence-corrected chi connectivity index (χ3v) is 3.44. The Balaban J connectivity index is 2.21. The molecule has 17 heavy (non-hydrogen) atoms. The highest BCUT2D eigenvalue weighted by atomic mass is 32.1. The second-order valence-electron chi connectivity index (χ2n) is 3.67. The lowest BCUT2D eigenvalue weighted by Crippen LogP contribution is -2.27. The normalized spacial score (nSPS) is 12.4. The molecule has 0 bridgehead atoms. The molecule has 7 heteroatoms. The van der Waals surface area contributed by atoms with Crippen LogP contribution in [0.25, 0.3) is 0 Å². The minimum Gasteiger partial charge on any atom is -0.357 e. The topological polar surface area (TPSA) is 90.6 Å². The fraction of sp³-hybridized carbons (Fsp3) is 0.300. The molecule has 90 valence electrons. The first-order chi connectivity index (χ1) is 8.06. The summed E-state index contributed by atoms with van der Waals surface area (Å²) in [6, 6.07) is 3.98. The van der Waals surface area contributed by atoms with Crippen molar-refractivity contribution in [1.29, 1.82) is 0 Å². The number of aryl methyl sites for hydroxylation is 1. The van der Waals surface area contributed by atoms with E-state index in [0.717, 1.165) is 4.88 Å². The van der Waals surface area contributed by atoms with Crippen LogP contribution in [0.15, 0.2) is 21.7 Å². The second-order valence-corrected chi connectivity index (χ2v) is 4.99. The van der Waals surface area contributed by atoms with Gasteiger partial charge in [-0.25, -0.2) is 9.89 Å². The molecule has 2 aromatic heterocycles. The van der Waals surface area contributed by atoms with Crippen molar-refractivity contribution in [2.75, 3.05) is 5.32 Å². The van der Waals surface area contributed by atoms with Crippen LogP contribution in [0.5, 0.6) is 0 Å². The van der Waals surface area contributed by atoms with E-state index < -0.39 is 11.2 Å². The number of thiophene rings is 1. The lowest BCUT2D eigenvalue weighted by Gasteiger charge is -2.10. The molecule has 0 saturated carbocycles. The van der Waals surface area contributed by atoms with Gasteiger partial charge in [0.25, 0.3) is 5.56 Å². The van der Waals surface area contributed by atoms with Gasteiger partial charge in [-0.05, 0) is 26.0 Å². The summed E-state index contributed by atoms with van der Waals surface area (Å²) in [6.45, 7) is 3.95. The third-order valence-electron chi connectivity index (χ3n) is 2.25. The molecule has 3 N–H and O–H groups in total. The predicted molar refractivity (Wildman–Crippen MR) is 66.6 cm³/mol. The Morgan fingerprint density at radius 1 is 1.41 bits per heavy atom. The number of nitrogens with zero attached hydrogens (tertiary/aromatic N) is 1. The number of aromatic amines is 2. The molecule has 0 radical (unpaired) electrons. The summed E-state index contributed by atoms with van der Waals surface area (Å²) in [5, 5.41) is 8.80. The van der Waals surface area contributed by atoms with Crippen LogP contribution in [0, 0.1) is 6.92 Å². The Bertz CT molecular complexity index is 627. The SMILES string of the molecule is Cc1ccc(C(C)Nc2n[nH]c(=O)[nH]c2=O)s1. The Kier molecular flexibility index (Phi) is 3.10. The lowest BCUT2D eigenvalue weighted by molar-refractivity contribution is 0.836. The quantitative estimate of drug-likeness (QED) is 0.760. The van der Waals surface area contributed by atoms with E-state index in [0.29, 0.717) is 0 Å². The first-order valence-corrected chi connectivity index (χ1v) is 5.90. The molecule has 0 spiro atoms. The Hall–Kier alpha value is -1.89. The van der Waals surface area contributed by atoms with E-state index >= 15 is 0 Å². The molecule has 0 fully saturated rings. The van der Waals surface area contributed by atoms with Gasteiger partial charge in [-0.3, -0.25) is 9.78 Å². The molecule has 1 unspecified atom stereocenters. The molecule has 0 saturated heterocycles. The van der Waals surface area contributed by atoms with Gasteiger partial charge < -0.3 is 5.32 Å². The number of aromatic nitrogens is 3. The van der Waals surface area contributed by atoms with Crippen molar-refractivity contribution in [3.05, 3.63) is 42.7 Å². The molecular formula is C10H12N4O2S. The maximum atomic E-state index is 11.4. The van der Waals surface area contributed by atoms with Crippen molar-refractivity contribution < 1.29 is 0 Å². The fourth-order valence-electron chi connectivity index (χ4n) is 1.41. The van der Waals surface area contributed by atoms with Crippen LogP contribution < -0.4 is 16.6 Å². The number of H-pyrrole nitrogens is 2. The molecule has 2 heterocycles. The zero-order valence-electron chi connectivity index (χ0n) is 9.40. The van der Waals surface area contributed by atoms with E-state index in [1.165, 1.54) is 4.88 Å². The summed E-state index contributed by atoms with van der Waals surface area (Å²) in [7, 11) is 0. The van der Waals surface area contributed by atoms with Crippen LogP contribution in [-0.2, 0) is 0 Å². The Labute approximate surface area is 101 Å². The van der Waals surface area contributed by atoms with Crippen molar-refractivity contribution in [3.8, 4) is 0 Å². The lowest BCUT2D eigenvalue weighted by atomic mass is 10.3. The largest absolute Gasteiger partial charge is 0.357 e. The highest BCUT2D eigenvalue weighted by molar-refractivity contribution is 7.12. The van der Waals surface area contributed by atoms with Gasteiger partial charge >= 0.3 is 5.69 Å². The molecule has 6 nitrogen and oxygen atoms in total. The van der Waals surface area contributed by atoms with E-state index in [1.54, 1.807) is 11.3 Å². The average molecular weight is 252 g/mol. The Morgan fingerprint density at radius 3 is 2.76 bits per heavy atom. The van der Waals surface area contributed by atoms with Crippen LogP contribution >= 0.6 is 11.3 Å². The monoisotopic (exact) mass is 252 g/mol. The minimum atomic E-state index is -0.611. The molecule has 0 aliphatic carbocycles. The van der Waals surface area contributed by atoms with Crippen LogP contribution in [0.2, 0.25) is 0 Å². The molecule has 1 atom stereocenters. The van der Waals surface area contributed by atoms with Crippen LogP contribution in [0.3, 0.4) is 0 Å². The standard InChI is InChI=1S/C10H12N4O2S/c1-5-3-4-7(17-5)6(2)11-8-9(15)12-10(16)14-13-8/h3-4,6H,1-2H3,(H,11,13)(H2,12,14,15,16). The van der Waals surface area contributed by atoms with Crippen LogP contribution in [-0.4, -0.2) is 15.2 Å². The van der Waals surface area contributed by atoms with Gasteiger partial charge in [0.05, 0.1) is 6.04 Å². The Morgan fingerprint density at radius 2 is 2.18 bits per heavy atom. The molecule has 0 aliphatic heterocycles. The van der Waals surface area contributed by atoms with Gasteiger partial charge in [0, 0.05) is 9.75 Å². The van der Waals surface area contributed by atoms with E-state index in [-0.39, 0.29) is 11.9 Å². The molecule has 0 aliphatic rings. The second kappa shape index (κ2) is 4.54. The van der Waals surface area contributed by atoms with Crippen LogP contribution in [0.4, 0.5) is 5.82 Å². The molecule has 0 aromatic carbocycles. The number of nitrogens with one attached hydrogen (secondary N) is 3. The predicted octanol–water partition coefficient (Wildman–Crippen LogP) is 1.00. The third kappa shape index (κ3) is 2.62. The number of rotatable bonds is 3. The summed E-state index contributed by atoms with van der Waals surface area (Å²) in [5.41, 5.74) is -1.13. The van der Waals surface area contributed by atoms with Crippen molar-refractivity contribution in [1.82, 2.24) is 15.2 Å². The zero-order chi connectivity index (χ0) is 12.4. The molecule has 2 rings (SSSR count). The maximum absolute atomic E-state index is 11.4. The van der Waals surface area contributed by atoms with E-state index in [4.69, 9.17) is 0 Å². The smallest absolute Gasteiger partial charge is 0.342 e. The van der Waals surface area contributed by atoms with Crippen molar-refractivity contribution >= 4 is 17.2 Å². The summed E-state index contributed by atoms with van der Waals surface area (Å²) in [5.74, 6) is 0.114. The summed E-state index contributed by atoms with van der Waals surface area (Å²) < 4.78 is 0. The molecule has 0 amide bonds. The van der Waals surface area contributed by atoms with Gasteiger partial charge in [-0.2, -0.15) is 0 Å². The maximum Gasteiger partial charge on any atom is 0.342 e. The van der Waals surface area contributed by atoms with Gasteiger partial charge in [0.15, 0.2) is 0 Å². The van der Waals surface area contributed by atoms with Crippen molar-refractivity contribution in [2.45, 2.75) is 19.9 Å². The first kappa shape index (κ1) is 11.6. The van der Waals surface area contributed by atoms with E-state index in [9.17, 15) is 9.59 Å². The van der Waals surface area contributed by atoms with Gasteiger partial charge in [0.2, 0.25) is 5.82 Å². The minimum absolute atomic E-state index is 0.0341. The number of anilines is 1. The van der Waals surface area contributed by atoms with Crippen LogP contribution in [0.1, 0.15) is 22.7 Å². The van der Waals surface area contributed by atoms with Crippen molar-refractivity contribution in [3.63, 3.8) is 0 Å². The van der Waals surface area contributed by atoms with Gasteiger partial charge in [-0.15, -0.1) is 16.4 Å².